The SMILES string of the molecule is Cc1cccc(OCC(O)CN[C@@H](C)C2CCCCC2)c1. The molecule has 1 saturated carbocycles. The van der Waals surface area contributed by atoms with Gasteiger partial charge in [0.2, 0.25) is 0 Å². The molecule has 3 nitrogen and oxygen atoms in total. The van der Waals surface area contributed by atoms with Crippen LogP contribution in [0.5, 0.6) is 5.75 Å². The van der Waals surface area contributed by atoms with Crippen molar-refractivity contribution in [3.8, 4) is 5.75 Å². The molecule has 2 rings (SSSR count). The number of hydrogen-bond acceptors (Lipinski definition) is 3. The minimum atomic E-state index is -0.462. The number of rotatable bonds is 7. The fourth-order valence-electron chi connectivity index (χ4n) is 3.08. The summed E-state index contributed by atoms with van der Waals surface area (Å²) in [6.07, 6.45) is 6.28. The average Bonchev–Trinajstić information content (AvgIpc) is 2.51. The lowest BCUT2D eigenvalue weighted by atomic mass is 9.84. The van der Waals surface area contributed by atoms with Crippen LogP contribution in [0.4, 0.5) is 0 Å². The highest BCUT2D eigenvalue weighted by Gasteiger charge is 2.20. The lowest BCUT2D eigenvalue weighted by Gasteiger charge is -2.29. The van der Waals surface area contributed by atoms with Crippen LogP contribution in [0, 0.1) is 12.8 Å². The van der Waals surface area contributed by atoms with E-state index in [1.165, 1.54) is 37.7 Å². The van der Waals surface area contributed by atoms with Gasteiger partial charge in [0.15, 0.2) is 0 Å². The molecule has 0 heterocycles. The van der Waals surface area contributed by atoms with Crippen molar-refractivity contribution in [2.24, 2.45) is 5.92 Å². The molecule has 21 heavy (non-hydrogen) atoms. The van der Waals surface area contributed by atoms with E-state index in [0.717, 1.165) is 11.7 Å². The second-order valence-corrected chi connectivity index (χ2v) is 6.38. The maximum absolute atomic E-state index is 10.0. The summed E-state index contributed by atoms with van der Waals surface area (Å²) in [7, 11) is 0. The summed E-state index contributed by atoms with van der Waals surface area (Å²) in [5, 5.41) is 13.5. The van der Waals surface area contributed by atoms with Gasteiger partial charge in [-0.1, -0.05) is 31.4 Å². The first-order valence-corrected chi connectivity index (χ1v) is 8.26. The van der Waals surface area contributed by atoms with E-state index in [-0.39, 0.29) is 0 Å². The van der Waals surface area contributed by atoms with Crippen molar-refractivity contribution in [3.05, 3.63) is 29.8 Å². The molecular weight excluding hydrogens is 262 g/mol. The number of nitrogens with one attached hydrogen (secondary N) is 1. The first-order chi connectivity index (χ1) is 10.1. The number of aliphatic hydroxyl groups excluding tert-OH is 1. The fraction of sp³-hybridized carbons (Fsp3) is 0.667. The Morgan fingerprint density at radius 1 is 1.29 bits per heavy atom. The number of aliphatic hydroxyl groups is 1. The van der Waals surface area contributed by atoms with Crippen LogP contribution in [-0.2, 0) is 0 Å². The molecule has 0 bridgehead atoms. The van der Waals surface area contributed by atoms with Crippen LogP contribution < -0.4 is 10.1 Å². The Bertz CT molecular complexity index is 415. The molecule has 1 aliphatic rings. The molecule has 0 radical (unpaired) electrons. The molecule has 118 valence electrons. The van der Waals surface area contributed by atoms with Crippen molar-refractivity contribution in [3.63, 3.8) is 0 Å². The molecule has 3 heteroatoms. The zero-order chi connectivity index (χ0) is 15.1. The molecule has 1 fully saturated rings. The van der Waals surface area contributed by atoms with Crippen molar-refractivity contribution < 1.29 is 9.84 Å². The Labute approximate surface area is 128 Å². The molecule has 0 aromatic heterocycles. The van der Waals surface area contributed by atoms with Gasteiger partial charge in [-0.15, -0.1) is 0 Å². The molecule has 2 N–H and O–H groups in total. The normalized spacial score (nSPS) is 19.2. The zero-order valence-electron chi connectivity index (χ0n) is 13.3. The van der Waals surface area contributed by atoms with Crippen LogP contribution in [0.2, 0.25) is 0 Å². The third-order valence-electron chi connectivity index (χ3n) is 4.46. The number of ether oxygens (including phenoxy) is 1. The third-order valence-corrected chi connectivity index (χ3v) is 4.46. The van der Waals surface area contributed by atoms with Gasteiger partial charge in [0.25, 0.3) is 0 Å². The van der Waals surface area contributed by atoms with Gasteiger partial charge in [0.1, 0.15) is 18.5 Å². The quantitative estimate of drug-likeness (QED) is 0.810. The molecule has 1 aromatic rings. The predicted molar refractivity (Wildman–Crippen MR) is 86.7 cm³/mol. The number of aryl methyl sites for hydroxylation is 1. The summed E-state index contributed by atoms with van der Waals surface area (Å²) in [6.45, 7) is 5.22. The molecule has 0 spiro atoms. The molecule has 0 saturated heterocycles. The molecule has 1 aliphatic carbocycles. The summed E-state index contributed by atoms with van der Waals surface area (Å²) in [6, 6.07) is 8.42. The molecule has 0 aliphatic heterocycles. The number of benzene rings is 1. The van der Waals surface area contributed by atoms with Gasteiger partial charge in [-0.25, -0.2) is 0 Å². The predicted octanol–water partition coefficient (Wildman–Crippen LogP) is 3.29. The highest BCUT2D eigenvalue weighted by Crippen LogP contribution is 2.26. The van der Waals surface area contributed by atoms with Gasteiger partial charge < -0.3 is 15.2 Å². The monoisotopic (exact) mass is 291 g/mol. The van der Waals surface area contributed by atoms with Crippen LogP contribution in [0.15, 0.2) is 24.3 Å². The summed E-state index contributed by atoms with van der Waals surface area (Å²) >= 11 is 0. The van der Waals surface area contributed by atoms with Crippen molar-refractivity contribution >= 4 is 0 Å². The lowest BCUT2D eigenvalue weighted by molar-refractivity contribution is 0.100. The van der Waals surface area contributed by atoms with Crippen LogP contribution in [0.3, 0.4) is 0 Å². The Balaban J connectivity index is 1.66. The first-order valence-electron chi connectivity index (χ1n) is 8.26. The molecular formula is C18H29NO2. The summed E-state index contributed by atoms with van der Waals surface area (Å²) < 4.78 is 5.64. The average molecular weight is 291 g/mol. The molecule has 2 atom stereocenters. The van der Waals surface area contributed by atoms with Gasteiger partial charge in [-0.05, 0) is 50.3 Å². The lowest BCUT2D eigenvalue weighted by Crippen LogP contribution is -2.40. The van der Waals surface area contributed by atoms with Crippen LogP contribution in [0.1, 0.15) is 44.6 Å². The van der Waals surface area contributed by atoms with Crippen molar-refractivity contribution in [2.45, 2.75) is 58.1 Å². The Hall–Kier alpha value is -1.06. The number of hydrogen-bond donors (Lipinski definition) is 2. The molecule has 0 amide bonds. The third kappa shape index (κ3) is 5.68. The highest BCUT2D eigenvalue weighted by molar-refractivity contribution is 5.27. The Kier molecular flexibility index (Phi) is 6.52. The smallest absolute Gasteiger partial charge is 0.119 e. The van der Waals surface area contributed by atoms with E-state index in [9.17, 15) is 5.11 Å². The Morgan fingerprint density at radius 3 is 2.76 bits per heavy atom. The van der Waals surface area contributed by atoms with E-state index >= 15 is 0 Å². The second kappa shape index (κ2) is 8.40. The summed E-state index contributed by atoms with van der Waals surface area (Å²) in [4.78, 5) is 0. The van der Waals surface area contributed by atoms with E-state index in [0.29, 0.717) is 19.2 Å². The fourth-order valence-corrected chi connectivity index (χ4v) is 3.08. The maximum Gasteiger partial charge on any atom is 0.119 e. The second-order valence-electron chi connectivity index (χ2n) is 6.38. The van der Waals surface area contributed by atoms with E-state index < -0.39 is 6.10 Å². The topological polar surface area (TPSA) is 41.5 Å². The van der Waals surface area contributed by atoms with E-state index in [4.69, 9.17) is 4.74 Å². The Morgan fingerprint density at radius 2 is 2.05 bits per heavy atom. The van der Waals surface area contributed by atoms with E-state index in [1.54, 1.807) is 0 Å². The van der Waals surface area contributed by atoms with Crippen LogP contribution >= 0.6 is 0 Å². The standard InChI is InChI=1S/C18H29NO2/c1-14-7-6-10-18(11-14)21-13-17(20)12-19-15(2)16-8-4-3-5-9-16/h6-7,10-11,15-17,19-20H,3-5,8-9,12-13H2,1-2H3/t15-,17?/m0/s1. The van der Waals surface area contributed by atoms with Gasteiger partial charge in [-0.3, -0.25) is 0 Å². The van der Waals surface area contributed by atoms with Gasteiger partial charge >= 0.3 is 0 Å². The summed E-state index contributed by atoms with van der Waals surface area (Å²) in [5.74, 6) is 1.60. The van der Waals surface area contributed by atoms with Gasteiger partial charge in [0, 0.05) is 12.6 Å². The van der Waals surface area contributed by atoms with Crippen LogP contribution in [0.25, 0.3) is 0 Å². The van der Waals surface area contributed by atoms with Crippen molar-refractivity contribution in [1.29, 1.82) is 0 Å². The van der Waals surface area contributed by atoms with E-state index in [1.807, 2.05) is 31.2 Å². The van der Waals surface area contributed by atoms with Gasteiger partial charge in [0.05, 0.1) is 0 Å². The van der Waals surface area contributed by atoms with Crippen molar-refractivity contribution in [1.82, 2.24) is 5.32 Å². The zero-order valence-corrected chi connectivity index (χ0v) is 13.3. The molecule has 1 unspecified atom stereocenters. The highest BCUT2D eigenvalue weighted by atomic mass is 16.5. The first kappa shape index (κ1) is 16.3. The van der Waals surface area contributed by atoms with Crippen LogP contribution in [-0.4, -0.2) is 30.4 Å². The van der Waals surface area contributed by atoms with E-state index in [2.05, 4.69) is 12.2 Å². The maximum atomic E-state index is 10.0. The summed E-state index contributed by atoms with van der Waals surface area (Å²) in [5.41, 5.74) is 1.17. The largest absolute Gasteiger partial charge is 0.491 e. The minimum Gasteiger partial charge on any atom is -0.491 e. The van der Waals surface area contributed by atoms with Gasteiger partial charge in [-0.2, -0.15) is 0 Å². The molecule has 1 aromatic carbocycles. The van der Waals surface area contributed by atoms with Crippen molar-refractivity contribution in [2.75, 3.05) is 13.2 Å². The minimum absolute atomic E-state index is 0.341.